The van der Waals surface area contributed by atoms with Gasteiger partial charge >= 0.3 is 0 Å². The van der Waals surface area contributed by atoms with Gasteiger partial charge in [-0.25, -0.2) is 6.54 Å². The van der Waals surface area contributed by atoms with Gasteiger partial charge in [-0.1, -0.05) is 62.4 Å². The van der Waals surface area contributed by atoms with E-state index >= 15 is 0 Å². The molecule has 35 heavy (non-hydrogen) atoms. The molecular weight excluding hydrogens is 615 g/mol. The minimum Gasteiger partial charge on any atom is -0.535 e. The average Bonchev–Trinajstić information content (AvgIpc) is 3.36. The number of hydrogen-bond acceptors (Lipinski definition) is 4. The van der Waals surface area contributed by atoms with E-state index in [1.165, 1.54) is 23.6 Å². The Kier molecular flexibility index (Phi) is 7.75. The van der Waals surface area contributed by atoms with Crippen LogP contribution in [0.3, 0.4) is 0 Å². The van der Waals surface area contributed by atoms with E-state index in [2.05, 4.69) is 63.4 Å². The molecule has 2 aromatic carbocycles. The maximum absolute atomic E-state index is 9.77. The summed E-state index contributed by atoms with van der Waals surface area (Å²) in [5.74, 6) is 0.810. The Bertz CT molecular complexity index is 1150. The van der Waals surface area contributed by atoms with Gasteiger partial charge in [0.15, 0.2) is 0 Å². The fraction of sp³-hybridized carbons (Fsp3) is 0.567. The molecule has 3 aromatic rings. The number of rotatable bonds is 1. The van der Waals surface area contributed by atoms with E-state index in [0.717, 1.165) is 49.0 Å². The van der Waals surface area contributed by atoms with Crippen molar-refractivity contribution in [3.05, 3.63) is 49.0 Å². The number of aliphatic hydroxyl groups excluding tert-OH is 2. The number of furan rings is 1. The molecule has 4 atom stereocenters. The van der Waals surface area contributed by atoms with Crippen molar-refractivity contribution in [2.24, 2.45) is 17.3 Å². The molecule has 6 rings (SSSR count). The molecule has 2 heterocycles. The molecule has 1 radical (unpaired) electrons. The Morgan fingerprint density at radius 2 is 1.66 bits per heavy atom. The Morgan fingerprint density at radius 3 is 2.40 bits per heavy atom. The van der Waals surface area contributed by atoms with Crippen LogP contribution < -0.4 is 4.90 Å². The molecule has 1 saturated heterocycles. The molecule has 1 aliphatic heterocycles. The van der Waals surface area contributed by atoms with Gasteiger partial charge in [0.05, 0.1) is 12.2 Å². The summed E-state index contributed by atoms with van der Waals surface area (Å²) in [6, 6.07) is 15.7. The van der Waals surface area contributed by atoms with Crippen molar-refractivity contribution in [1.29, 1.82) is 0 Å². The Balaban J connectivity index is 0.000000189. The summed E-state index contributed by atoms with van der Waals surface area (Å²) < 4.78 is 6.16. The Labute approximate surface area is 223 Å². The second-order valence-corrected chi connectivity index (χ2v) is 12.0. The molecule has 0 spiro atoms. The van der Waals surface area contributed by atoms with E-state index in [4.69, 9.17) is 4.42 Å². The zero-order valence-corrected chi connectivity index (χ0v) is 23.8. The van der Waals surface area contributed by atoms with Crippen LogP contribution in [-0.4, -0.2) is 28.0 Å². The van der Waals surface area contributed by atoms with Crippen LogP contribution in [0, 0.1) is 29.9 Å². The van der Waals surface area contributed by atoms with Crippen molar-refractivity contribution in [3.63, 3.8) is 0 Å². The predicted molar refractivity (Wildman–Crippen MR) is 139 cm³/mol. The van der Waals surface area contributed by atoms with Crippen molar-refractivity contribution in [2.75, 3.05) is 4.90 Å². The molecule has 3 aliphatic rings. The van der Waals surface area contributed by atoms with Crippen LogP contribution in [0.15, 0.2) is 40.8 Å². The van der Waals surface area contributed by atoms with Crippen molar-refractivity contribution in [1.82, 2.24) is 0 Å². The van der Waals surface area contributed by atoms with Crippen LogP contribution in [0.2, 0.25) is 0 Å². The molecule has 193 valence electrons. The summed E-state index contributed by atoms with van der Waals surface area (Å²) in [5, 5.41) is 21.8. The van der Waals surface area contributed by atoms with Gasteiger partial charge in [-0.3, -0.25) is 0 Å². The topological polar surface area (TPSA) is 56.8 Å². The smallest absolute Gasteiger partial charge is 0.116 e. The summed E-state index contributed by atoms with van der Waals surface area (Å²) in [5.41, 5.74) is 3.17. The van der Waals surface area contributed by atoms with Gasteiger partial charge < -0.3 is 19.5 Å². The monoisotopic (exact) mass is 654 g/mol. The predicted octanol–water partition coefficient (Wildman–Crippen LogP) is 6.87. The van der Waals surface area contributed by atoms with Crippen LogP contribution in [0.5, 0.6) is 0 Å². The quantitative estimate of drug-likeness (QED) is 0.282. The van der Waals surface area contributed by atoms with Gasteiger partial charge in [0, 0.05) is 42.5 Å². The molecular formula is C30H39IrNO3-2. The third-order valence-corrected chi connectivity index (χ3v) is 8.17. The zero-order chi connectivity index (χ0) is 24.1. The van der Waals surface area contributed by atoms with E-state index < -0.39 is 0 Å². The number of aliphatic hydroxyl groups is 2. The van der Waals surface area contributed by atoms with Crippen LogP contribution in [0.4, 0.5) is 5.69 Å². The van der Waals surface area contributed by atoms with Crippen molar-refractivity contribution >= 4 is 27.6 Å². The average molecular weight is 654 g/mol. The normalized spacial score (nSPS) is 29.3. The summed E-state index contributed by atoms with van der Waals surface area (Å²) in [6.45, 7) is 11.5. The summed E-state index contributed by atoms with van der Waals surface area (Å²) in [6.07, 6.45) is 7.21. The van der Waals surface area contributed by atoms with E-state index in [1.54, 1.807) is 0 Å². The van der Waals surface area contributed by atoms with Gasteiger partial charge in [-0.2, -0.15) is 18.2 Å². The Hall–Kier alpha value is -1.39. The van der Waals surface area contributed by atoms with E-state index in [0.29, 0.717) is 5.92 Å². The fourth-order valence-electron chi connectivity index (χ4n) is 6.94. The molecule has 2 saturated carbocycles. The maximum atomic E-state index is 9.77. The molecule has 4 nitrogen and oxygen atoms in total. The molecule has 4 unspecified atom stereocenters. The molecule has 5 heteroatoms. The van der Waals surface area contributed by atoms with Crippen molar-refractivity contribution in [2.45, 2.75) is 90.4 Å². The standard InChI is InChI=1S/C20H21NO.C10H18O2.Ir/c1-19(2)12-20(3,4)21(13-19)16-10-7-9-15-14-8-5-6-11-17(14)22-18(15)16;11-8-4-2-1-3-7-5-6-9(12)10(7)8;/h5-9,11,13H,12H2,1-4H3;7-12H,1-6H2;/q-2;;. The number of para-hydroxylation sites is 1. The van der Waals surface area contributed by atoms with Crippen LogP contribution in [0.25, 0.3) is 21.9 Å². The third-order valence-electron chi connectivity index (χ3n) is 8.17. The van der Waals surface area contributed by atoms with Gasteiger partial charge in [0.25, 0.3) is 0 Å². The largest absolute Gasteiger partial charge is 0.535 e. The first-order valence-electron chi connectivity index (χ1n) is 13.0. The zero-order valence-electron chi connectivity index (χ0n) is 21.4. The van der Waals surface area contributed by atoms with Gasteiger partial charge in [-0.15, -0.1) is 5.41 Å². The second-order valence-electron chi connectivity index (χ2n) is 12.0. The number of fused-ring (bicyclic) bond motifs is 4. The molecule has 0 bridgehead atoms. The fourth-order valence-corrected chi connectivity index (χ4v) is 6.94. The van der Waals surface area contributed by atoms with Gasteiger partial charge in [0.2, 0.25) is 0 Å². The van der Waals surface area contributed by atoms with Crippen LogP contribution in [-0.2, 0) is 20.1 Å². The summed E-state index contributed by atoms with van der Waals surface area (Å²) >= 11 is 0. The number of benzene rings is 2. The number of anilines is 1. The van der Waals surface area contributed by atoms with Crippen LogP contribution >= 0.6 is 0 Å². The van der Waals surface area contributed by atoms with E-state index in [9.17, 15) is 10.2 Å². The van der Waals surface area contributed by atoms with Gasteiger partial charge in [0.1, 0.15) is 5.58 Å². The molecule has 1 aromatic heterocycles. The third kappa shape index (κ3) is 5.21. The Morgan fingerprint density at radius 1 is 0.943 bits per heavy atom. The number of hydrogen-bond donors (Lipinski definition) is 2. The van der Waals surface area contributed by atoms with Crippen molar-refractivity contribution in [3.8, 4) is 0 Å². The minimum atomic E-state index is -0.227. The summed E-state index contributed by atoms with van der Waals surface area (Å²) in [4.78, 5) is 2.34. The first-order chi connectivity index (χ1) is 16.2. The second kappa shape index (κ2) is 10.2. The first-order valence-corrected chi connectivity index (χ1v) is 13.0. The van der Waals surface area contributed by atoms with E-state index in [1.807, 2.05) is 18.2 Å². The SMILES string of the molecule is CC1(C)[CH-]N(c2[c-]ccc3c2oc2ccccc23)C(C)(C)C1.OC1CCCCC2CCC(O)C12.[Ir]. The first kappa shape index (κ1) is 26.7. The van der Waals surface area contributed by atoms with Crippen molar-refractivity contribution < 1.29 is 34.7 Å². The minimum absolute atomic E-state index is 0. The molecule has 2 aliphatic carbocycles. The molecule has 0 amide bonds. The van der Waals surface area contributed by atoms with E-state index in [-0.39, 0.29) is 49.2 Å². The van der Waals surface area contributed by atoms with Crippen LogP contribution in [0.1, 0.15) is 72.6 Å². The molecule has 3 fully saturated rings. The summed E-state index contributed by atoms with van der Waals surface area (Å²) in [7, 11) is 0. The van der Waals surface area contributed by atoms with Gasteiger partial charge in [-0.05, 0) is 51.5 Å². The molecule has 2 N–H and O–H groups in total. The number of nitrogens with zero attached hydrogens (tertiary/aromatic N) is 1. The maximum Gasteiger partial charge on any atom is 0.116 e.